The summed E-state index contributed by atoms with van der Waals surface area (Å²) in [5, 5.41) is 9.84. The Balaban J connectivity index is 2.00. The lowest BCUT2D eigenvalue weighted by Crippen LogP contribution is -2.29. The van der Waals surface area contributed by atoms with Crippen molar-refractivity contribution in [1.82, 2.24) is 0 Å². The molecule has 3 aromatic carbocycles. The van der Waals surface area contributed by atoms with Crippen molar-refractivity contribution in [3.63, 3.8) is 0 Å². The van der Waals surface area contributed by atoms with Gasteiger partial charge in [-0.3, -0.25) is 4.31 Å². The van der Waals surface area contributed by atoms with Gasteiger partial charge in [-0.2, -0.15) is 0 Å². The summed E-state index contributed by atoms with van der Waals surface area (Å²) >= 11 is 0. The van der Waals surface area contributed by atoms with Crippen LogP contribution in [0.1, 0.15) is 22.8 Å². The number of aromatic carboxylic acids is 1. The fourth-order valence-electron chi connectivity index (χ4n) is 3.34. The maximum atomic E-state index is 13.3. The third kappa shape index (κ3) is 4.76. The molecule has 6 nitrogen and oxygen atoms in total. The van der Waals surface area contributed by atoms with Gasteiger partial charge in [0.1, 0.15) is 12.4 Å². The fourth-order valence-corrected chi connectivity index (χ4v) is 4.61. The number of carboxylic acid groups (broad SMARTS) is 1. The second kappa shape index (κ2) is 9.58. The Morgan fingerprint density at radius 3 is 2.28 bits per heavy atom. The quantitative estimate of drug-likeness (QED) is 0.534. The molecule has 164 valence electrons. The highest BCUT2D eigenvalue weighted by Gasteiger charge is 2.27. The topological polar surface area (TPSA) is 83.9 Å². The van der Waals surface area contributed by atoms with E-state index in [0.29, 0.717) is 16.9 Å². The van der Waals surface area contributed by atoms with Crippen LogP contribution in [0.15, 0.2) is 71.6 Å². The summed E-state index contributed by atoms with van der Waals surface area (Å²) in [7, 11) is -2.65. The summed E-state index contributed by atoms with van der Waals surface area (Å²) in [5.74, 6) is 4.77. The Morgan fingerprint density at radius 2 is 1.69 bits per heavy atom. The van der Waals surface area contributed by atoms with Crippen molar-refractivity contribution < 1.29 is 23.1 Å². The van der Waals surface area contributed by atoms with Gasteiger partial charge >= 0.3 is 5.97 Å². The summed E-state index contributed by atoms with van der Waals surface area (Å²) in [6.45, 7) is 3.61. The number of hydrogen-bond acceptors (Lipinski definition) is 4. The van der Waals surface area contributed by atoms with Crippen LogP contribution in [-0.2, 0) is 10.0 Å². The van der Waals surface area contributed by atoms with E-state index in [1.165, 1.54) is 25.2 Å². The van der Waals surface area contributed by atoms with Crippen LogP contribution in [0, 0.1) is 18.8 Å². The molecule has 0 aliphatic carbocycles. The third-order valence-electron chi connectivity index (χ3n) is 4.92. The van der Waals surface area contributed by atoms with E-state index in [0.717, 1.165) is 9.87 Å². The smallest absolute Gasteiger partial charge is 0.337 e. The minimum atomic E-state index is -4.00. The normalized spacial score (nSPS) is 10.7. The number of sulfonamides is 1. The van der Waals surface area contributed by atoms with Crippen molar-refractivity contribution in [3.8, 4) is 28.7 Å². The minimum Gasteiger partial charge on any atom is -0.481 e. The number of anilines is 1. The summed E-state index contributed by atoms with van der Waals surface area (Å²) < 4.78 is 32.9. The van der Waals surface area contributed by atoms with Gasteiger partial charge in [-0.05, 0) is 66.9 Å². The van der Waals surface area contributed by atoms with Crippen molar-refractivity contribution in [2.45, 2.75) is 18.7 Å². The second-order valence-corrected chi connectivity index (χ2v) is 8.99. The first kappa shape index (κ1) is 22.9. The van der Waals surface area contributed by atoms with Crippen molar-refractivity contribution in [3.05, 3.63) is 77.9 Å². The molecule has 0 saturated heterocycles. The van der Waals surface area contributed by atoms with Gasteiger partial charge in [0.05, 0.1) is 16.1 Å². The first-order valence-electron chi connectivity index (χ1n) is 9.80. The zero-order chi connectivity index (χ0) is 23.3. The monoisotopic (exact) mass is 449 g/mol. The Kier molecular flexibility index (Phi) is 6.86. The molecule has 3 rings (SSSR count). The molecule has 0 radical (unpaired) electrons. The van der Waals surface area contributed by atoms with E-state index in [4.69, 9.17) is 4.74 Å². The standard InChI is InChI=1S/C25H23NO5S/c1-4-5-15-31-21-11-13-22(14-12-21)32(29,30)26(3)24-18(2)16-20(17-23(24)25(27)28)19-9-7-6-8-10-19/h6-14,16-17H,15H2,1-3H3,(H,27,28). The Morgan fingerprint density at radius 1 is 1.03 bits per heavy atom. The molecule has 0 saturated carbocycles. The Bertz CT molecular complexity index is 1290. The molecular weight excluding hydrogens is 426 g/mol. The van der Waals surface area contributed by atoms with E-state index in [-0.39, 0.29) is 22.8 Å². The molecule has 0 aliphatic heterocycles. The number of benzene rings is 3. The van der Waals surface area contributed by atoms with Crippen molar-refractivity contribution in [2.24, 2.45) is 0 Å². The Hall–Kier alpha value is -3.76. The average molecular weight is 450 g/mol. The van der Waals surface area contributed by atoms with Gasteiger partial charge < -0.3 is 9.84 Å². The molecule has 0 unspecified atom stereocenters. The van der Waals surface area contributed by atoms with Gasteiger partial charge in [0.15, 0.2) is 0 Å². The van der Waals surface area contributed by atoms with E-state index in [2.05, 4.69) is 11.8 Å². The van der Waals surface area contributed by atoms with Gasteiger partial charge in [0.2, 0.25) is 0 Å². The number of rotatable bonds is 7. The van der Waals surface area contributed by atoms with Gasteiger partial charge in [-0.15, -0.1) is 5.92 Å². The number of aryl methyl sites for hydroxylation is 1. The lowest BCUT2D eigenvalue weighted by atomic mass is 9.98. The van der Waals surface area contributed by atoms with E-state index in [1.54, 1.807) is 32.0 Å². The lowest BCUT2D eigenvalue weighted by molar-refractivity contribution is 0.0697. The third-order valence-corrected chi connectivity index (χ3v) is 6.69. The molecule has 0 amide bonds. The van der Waals surface area contributed by atoms with Crippen molar-refractivity contribution >= 4 is 21.7 Å². The van der Waals surface area contributed by atoms with Crippen molar-refractivity contribution in [1.29, 1.82) is 0 Å². The predicted octanol–water partition coefficient (Wildman–Crippen LogP) is 4.59. The largest absolute Gasteiger partial charge is 0.481 e. The van der Waals surface area contributed by atoms with Crippen LogP contribution in [0.3, 0.4) is 0 Å². The number of carbonyl (C=O) groups is 1. The Labute approximate surface area is 188 Å². The highest BCUT2D eigenvalue weighted by Crippen LogP contribution is 2.34. The molecule has 7 heteroatoms. The highest BCUT2D eigenvalue weighted by atomic mass is 32.2. The first-order chi connectivity index (χ1) is 15.3. The summed E-state index contributed by atoms with van der Waals surface area (Å²) in [4.78, 5) is 12.1. The molecular formula is C25H23NO5S. The fraction of sp³-hybridized carbons (Fsp3) is 0.160. The van der Waals surface area contributed by atoms with Crippen LogP contribution >= 0.6 is 0 Å². The van der Waals surface area contributed by atoms with Crippen LogP contribution in [0.2, 0.25) is 0 Å². The SMILES string of the molecule is CC#CCOc1ccc(S(=O)(=O)N(C)c2c(C)cc(-c3ccccc3)cc2C(=O)O)cc1. The molecule has 0 bridgehead atoms. The van der Waals surface area contributed by atoms with Crippen LogP contribution in [0.4, 0.5) is 5.69 Å². The zero-order valence-electron chi connectivity index (χ0n) is 18.0. The predicted molar refractivity (Wildman–Crippen MR) is 125 cm³/mol. The van der Waals surface area contributed by atoms with E-state index in [9.17, 15) is 18.3 Å². The van der Waals surface area contributed by atoms with Crippen LogP contribution in [0.5, 0.6) is 5.75 Å². The van der Waals surface area contributed by atoms with Crippen LogP contribution in [0.25, 0.3) is 11.1 Å². The molecule has 0 aliphatic rings. The van der Waals surface area contributed by atoms with Crippen LogP contribution < -0.4 is 9.04 Å². The summed E-state index contributed by atoms with van der Waals surface area (Å²) in [5.41, 5.74) is 2.11. The van der Waals surface area contributed by atoms with Crippen molar-refractivity contribution in [2.75, 3.05) is 18.0 Å². The van der Waals surface area contributed by atoms with Gasteiger partial charge in [0, 0.05) is 7.05 Å². The number of hydrogen-bond donors (Lipinski definition) is 1. The van der Waals surface area contributed by atoms with E-state index >= 15 is 0 Å². The van der Waals surface area contributed by atoms with Gasteiger partial charge in [-0.25, -0.2) is 13.2 Å². The number of ether oxygens (including phenoxy) is 1. The lowest BCUT2D eigenvalue weighted by Gasteiger charge is -2.24. The van der Waals surface area contributed by atoms with Gasteiger partial charge in [0.25, 0.3) is 10.0 Å². The van der Waals surface area contributed by atoms with E-state index in [1.807, 2.05) is 30.3 Å². The van der Waals surface area contributed by atoms with Gasteiger partial charge in [-0.1, -0.05) is 36.3 Å². The maximum absolute atomic E-state index is 13.3. The van der Waals surface area contributed by atoms with Crippen LogP contribution in [-0.4, -0.2) is 33.1 Å². The second-order valence-electron chi connectivity index (χ2n) is 7.02. The maximum Gasteiger partial charge on any atom is 0.337 e. The number of carboxylic acids is 1. The molecule has 0 atom stereocenters. The molecule has 32 heavy (non-hydrogen) atoms. The number of nitrogens with zero attached hydrogens (tertiary/aromatic N) is 1. The molecule has 1 N–H and O–H groups in total. The highest BCUT2D eigenvalue weighted by molar-refractivity contribution is 7.92. The molecule has 0 spiro atoms. The molecule has 0 fully saturated rings. The molecule has 3 aromatic rings. The molecule has 0 heterocycles. The summed E-state index contributed by atoms with van der Waals surface area (Å²) in [6, 6.07) is 18.6. The summed E-state index contributed by atoms with van der Waals surface area (Å²) in [6.07, 6.45) is 0. The molecule has 0 aromatic heterocycles. The average Bonchev–Trinajstić information content (AvgIpc) is 2.79. The first-order valence-corrected chi connectivity index (χ1v) is 11.2. The zero-order valence-corrected chi connectivity index (χ0v) is 18.8. The minimum absolute atomic E-state index is 0.0248. The van der Waals surface area contributed by atoms with E-state index < -0.39 is 16.0 Å².